The third-order valence-corrected chi connectivity index (χ3v) is 8.90. The van der Waals surface area contributed by atoms with E-state index in [-0.39, 0.29) is 11.2 Å². The molecule has 130 valence electrons. The molecule has 0 spiro atoms. The van der Waals surface area contributed by atoms with E-state index in [9.17, 15) is 9.18 Å². The van der Waals surface area contributed by atoms with Crippen molar-refractivity contribution in [2.75, 3.05) is 0 Å². The Morgan fingerprint density at radius 3 is 2.43 bits per heavy atom. The first kappa shape index (κ1) is 16.1. The Labute approximate surface area is 140 Å². The van der Waals surface area contributed by atoms with Crippen molar-refractivity contribution in [1.82, 2.24) is 0 Å². The average molecular weight is 320 g/mol. The van der Waals surface area contributed by atoms with Crippen molar-refractivity contribution in [3.05, 3.63) is 0 Å². The van der Waals surface area contributed by atoms with Crippen molar-refractivity contribution in [1.29, 1.82) is 0 Å². The molecule has 0 aromatic heterocycles. The fourth-order valence-corrected chi connectivity index (χ4v) is 7.39. The Morgan fingerprint density at radius 1 is 0.957 bits per heavy atom. The number of hydrogen-bond donors (Lipinski definition) is 0. The molecule has 0 aliphatic heterocycles. The smallest absolute Gasteiger partial charge is 0.173 e. The van der Waals surface area contributed by atoms with Gasteiger partial charge in [0.15, 0.2) is 12.0 Å². The summed E-state index contributed by atoms with van der Waals surface area (Å²) in [5, 5.41) is 0. The lowest BCUT2D eigenvalue weighted by Gasteiger charge is -2.61. The highest BCUT2D eigenvalue weighted by atomic mass is 19.1. The maximum absolute atomic E-state index is 14.2. The number of Topliss-reactive ketones (excluding diaryl/α,β-unsaturated/α-hetero) is 1. The van der Waals surface area contributed by atoms with Gasteiger partial charge in [-0.1, -0.05) is 27.7 Å². The van der Waals surface area contributed by atoms with Crippen molar-refractivity contribution >= 4 is 5.78 Å². The molecule has 4 rings (SSSR count). The normalized spacial score (nSPS) is 55.0. The van der Waals surface area contributed by atoms with Crippen molar-refractivity contribution < 1.29 is 9.18 Å². The van der Waals surface area contributed by atoms with Gasteiger partial charge in [-0.2, -0.15) is 0 Å². The minimum atomic E-state index is -1.18. The minimum absolute atomic E-state index is 0.0713. The number of halogens is 1. The number of ketones is 1. The van der Waals surface area contributed by atoms with Gasteiger partial charge in [-0.05, 0) is 85.9 Å². The van der Waals surface area contributed by atoms with Crippen molar-refractivity contribution in [3.8, 4) is 0 Å². The zero-order valence-electron chi connectivity index (χ0n) is 15.3. The molecule has 2 heteroatoms. The van der Waals surface area contributed by atoms with Crippen LogP contribution in [0.25, 0.3) is 0 Å². The summed E-state index contributed by atoms with van der Waals surface area (Å²) in [7, 11) is 0. The Bertz CT molecular complexity index is 526. The maximum atomic E-state index is 14.2. The van der Waals surface area contributed by atoms with E-state index in [2.05, 4.69) is 27.7 Å². The van der Waals surface area contributed by atoms with Crippen LogP contribution in [0.5, 0.6) is 0 Å². The molecule has 4 saturated carbocycles. The van der Waals surface area contributed by atoms with Gasteiger partial charge in [-0.15, -0.1) is 0 Å². The molecule has 4 aliphatic carbocycles. The molecular formula is C21H33FO. The number of hydrogen-bond acceptors (Lipinski definition) is 1. The van der Waals surface area contributed by atoms with Gasteiger partial charge in [0.2, 0.25) is 0 Å². The molecular weight excluding hydrogens is 287 g/mol. The van der Waals surface area contributed by atoms with Gasteiger partial charge in [0.1, 0.15) is 0 Å². The molecule has 0 N–H and O–H groups in total. The Hall–Kier alpha value is -0.400. The van der Waals surface area contributed by atoms with E-state index < -0.39 is 6.17 Å². The van der Waals surface area contributed by atoms with E-state index in [0.29, 0.717) is 29.1 Å². The van der Waals surface area contributed by atoms with Gasteiger partial charge >= 0.3 is 0 Å². The second-order valence-electron chi connectivity index (χ2n) is 10.5. The first-order valence-corrected chi connectivity index (χ1v) is 9.86. The topological polar surface area (TPSA) is 17.1 Å². The molecule has 0 bridgehead atoms. The lowest BCUT2D eigenvalue weighted by Crippen LogP contribution is -2.54. The van der Waals surface area contributed by atoms with E-state index in [1.807, 2.05) is 0 Å². The monoisotopic (exact) mass is 320 g/mol. The molecule has 0 saturated heterocycles. The third kappa shape index (κ3) is 2.12. The average Bonchev–Trinajstić information content (AvgIpc) is 2.71. The molecule has 4 fully saturated rings. The van der Waals surface area contributed by atoms with Crippen LogP contribution < -0.4 is 0 Å². The van der Waals surface area contributed by atoms with Gasteiger partial charge in [-0.3, -0.25) is 4.79 Å². The van der Waals surface area contributed by atoms with Crippen LogP contribution in [0.15, 0.2) is 0 Å². The summed E-state index contributed by atoms with van der Waals surface area (Å²) in [5.74, 6) is 2.42. The van der Waals surface area contributed by atoms with Crippen LogP contribution >= 0.6 is 0 Å². The van der Waals surface area contributed by atoms with E-state index >= 15 is 0 Å². The Kier molecular flexibility index (Phi) is 3.37. The zero-order chi connectivity index (χ0) is 16.6. The Balaban J connectivity index is 1.64. The predicted molar refractivity (Wildman–Crippen MR) is 90.8 cm³/mol. The number of carbonyl (C=O) groups excluding carboxylic acids is 1. The number of rotatable bonds is 0. The summed E-state index contributed by atoms with van der Waals surface area (Å²) in [6.07, 6.45) is 7.99. The van der Waals surface area contributed by atoms with Crippen LogP contribution in [0.1, 0.15) is 79.1 Å². The van der Waals surface area contributed by atoms with Gasteiger partial charge in [0.05, 0.1) is 0 Å². The van der Waals surface area contributed by atoms with Gasteiger partial charge < -0.3 is 0 Å². The summed E-state index contributed by atoms with van der Waals surface area (Å²) >= 11 is 0. The SMILES string of the molecule is CC1(C)CC[C@@]2(C)[C@@H](CC[C@@H]3[C@@H]2CC[C@]2(C)C(=O)[C@H](F)C[C@@H]32)C1. The van der Waals surface area contributed by atoms with Crippen LogP contribution in [-0.2, 0) is 4.79 Å². The van der Waals surface area contributed by atoms with E-state index in [1.165, 1.54) is 32.1 Å². The second-order valence-corrected chi connectivity index (χ2v) is 10.5. The van der Waals surface area contributed by atoms with Crippen LogP contribution in [0.2, 0.25) is 0 Å². The molecule has 0 aromatic rings. The van der Waals surface area contributed by atoms with Gasteiger partial charge in [0.25, 0.3) is 0 Å². The van der Waals surface area contributed by atoms with Crippen LogP contribution in [-0.4, -0.2) is 12.0 Å². The fraction of sp³-hybridized carbons (Fsp3) is 0.952. The number of alkyl halides is 1. The van der Waals surface area contributed by atoms with Crippen molar-refractivity contribution in [2.24, 2.45) is 39.9 Å². The lowest BCUT2D eigenvalue weighted by molar-refractivity contribution is -0.143. The summed E-state index contributed by atoms with van der Waals surface area (Å²) in [4.78, 5) is 12.4. The summed E-state index contributed by atoms with van der Waals surface area (Å²) < 4.78 is 14.2. The highest BCUT2D eigenvalue weighted by Crippen LogP contribution is 2.67. The predicted octanol–water partition coefficient (Wildman–Crippen LogP) is 5.57. The maximum Gasteiger partial charge on any atom is 0.173 e. The quantitative estimate of drug-likeness (QED) is 0.570. The first-order chi connectivity index (χ1) is 10.7. The second kappa shape index (κ2) is 4.82. The standard InChI is InChI=1S/C21H33FO/c1-19(2)9-10-20(3)13(12-19)5-6-14-15(20)7-8-21(4)16(14)11-17(22)18(21)23/h13-17H,5-12H2,1-4H3/t13-,14+,15-,16-,17+,20-,21-/m0/s1. The van der Waals surface area contributed by atoms with Crippen molar-refractivity contribution in [3.63, 3.8) is 0 Å². The van der Waals surface area contributed by atoms with E-state index in [0.717, 1.165) is 24.7 Å². The summed E-state index contributed by atoms with van der Waals surface area (Å²) in [6, 6.07) is 0. The largest absolute Gasteiger partial charge is 0.296 e. The summed E-state index contributed by atoms with van der Waals surface area (Å²) in [6.45, 7) is 9.48. The van der Waals surface area contributed by atoms with Crippen LogP contribution in [0, 0.1) is 39.9 Å². The first-order valence-electron chi connectivity index (χ1n) is 9.86. The highest BCUT2D eigenvalue weighted by Gasteiger charge is 2.62. The molecule has 0 amide bonds. The fourth-order valence-electron chi connectivity index (χ4n) is 7.39. The van der Waals surface area contributed by atoms with Gasteiger partial charge in [0, 0.05) is 5.41 Å². The molecule has 0 aromatic carbocycles. The highest BCUT2D eigenvalue weighted by molar-refractivity contribution is 5.91. The van der Waals surface area contributed by atoms with Crippen LogP contribution in [0.3, 0.4) is 0 Å². The van der Waals surface area contributed by atoms with E-state index in [1.54, 1.807) is 0 Å². The lowest BCUT2D eigenvalue weighted by atomic mass is 9.43. The minimum Gasteiger partial charge on any atom is -0.296 e. The van der Waals surface area contributed by atoms with E-state index in [4.69, 9.17) is 0 Å². The molecule has 0 unspecified atom stereocenters. The van der Waals surface area contributed by atoms with Gasteiger partial charge in [-0.25, -0.2) is 4.39 Å². The number of carbonyl (C=O) groups is 1. The Morgan fingerprint density at radius 2 is 1.70 bits per heavy atom. The molecule has 4 aliphatic rings. The van der Waals surface area contributed by atoms with Crippen LogP contribution in [0.4, 0.5) is 4.39 Å². The molecule has 23 heavy (non-hydrogen) atoms. The number of fused-ring (bicyclic) bond motifs is 5. The molecule has 7 atom stereocenters. The molecule has 0 heterocycles. The summed E-state index contributed by atoms with van der Waals surface area (Å²) in [5.41, 5.74) is 0.586. The molecule has 1 nitrogen and oxygen atoms in total. The third-order valence-electron chi connectivity index (χ3n) is 8.90. The van der Waals surface area contributed by atoms with Crippen molar-refractivity contribution in [2.45, 2.75) is 85.2 Å². The zero-order valence-corrected chi connectivity index (χ0v) is 15.3. The molecule has 0 radical (unpaired) electrons.